The van der Waals surface area contributed by atoms with Crippen LogP contribution in [-0.2, 0) is 9.59 Å². The fourth-order valence-corrected chi connectivity index (χ4v) is 3.17. The Labute approximate surface area is 114 Å². The molecule has 1 aliphatic carbocycles. The van der Waals surface area contributed by atoms with E-state index >= 15 is 0 Å². The zero-order valence-corrected chi connectivity index (χ0v) is 11.7. The summed E-state index contributed by atoms with van der Waals surface area (Å²) in [6.07, 6.45) is 5.25. The number of hydrogen-bond acceptors (Lipinski definition) is 3. The number of likely N-dealkylation sites (tertiary alicyclic amines) is 1. The molecule has 2 amide bonds. The first kappa shape index (κ1) is 14.3. The number of carbonyl (C=O) groups excluding carboxylic acids is 2. The molecule has 0 aromatic carbocycles. The minimum absolute atomic E-state index is 0.00308. The maximum absolute atomic E-state index is 12.3. The standard InChI is InChI=1S/C14H24N2O3/c1-2-16-9-11(8-12(16)18)13(19)15-14(10-17)6-4-3-5-7-14/h11,17H,2-10H2,1H3,(H,15,19). The van der Waals surface area contributed by atoms with Crippen LogP contribution in [0.5, 0.6) is 0 Å². The summed E-state index contributed by atoms with van der Waals surface area (Å²) in [7, 11) is 0. The van der Waals surface area contributed by atoms with E-state index in [0.717, 1.165) is 25.7 Å². The van der Waals surface area contributed by atoms with Gasteiger partial charge in [0.2, 0.25) is 11.8 Å². The van der Waals surface area contributed by atoms with Gasteiger partial charge in [-0.1, -0.05) is 19.3 Å². The lowest BCUT2D eigenvalue weighted by atomic mass is 9.82. The molecule has 2 aliphatic rings. The zero-order chi connectivity index (χ0) is 13.9. The maximum atomic E-state index is 12.3. The van der Waals surface area contributed by atoms with E-state index in [2.05, 4.69) is 5.32 Å². The molecule has 19 heavy (non-hydrogen) atoms. The van der Waals surface area contributed by atoms with E-state index in [4.69, 9.17) is 0 Å². The number of aliphatic hydroxyl groups excluding tert-OH is 1. The van der Waals surface area contributed by atoms with Crippen LogP contribution in [0.3, 0.4) is 0 Å². The van der Waals surface area contributed by atoms with Crippen molar-refractivity contribution >= 4 is 11.8 Å². The smallest absolute Gasteiger partial charge is 0.225 e. The van der Waals surface area contributed by atoms with Gasteiger partial charge in [0.1, 0.15) is 0 Å². The molecule has 1 heterocycles. The van der Waals surface area contributed by atoms with Gasteiger partial charge in [0.25, 0.3) is 0 Å². The molecule has 1 unspecified atom stereocenters. The molecule has 1 saturated heterocycles. The lowest BCUT2D eigenvalue weighted by Gasteiger charge is -2.37. The van der Waals surface area contributed by atoms with Gasteiger partial charge in [-0.2, -0.15) is 0 Å². The molecule has 2 N–H and O–H groups in total. The van der Waals surface area contributed by atoms with Crippen LogP contribution >= 0.6 is 0 Å². The van der Waals surface area contributed by atoms with E-state index in [1.54, 1.807) is 4.90 Å². The van der Waals surface area contributed by atoms with E-state index in [1.807, 2.05) is 6.92 Å². The van der Waals surface area contributed by atoms with Crippen molar-refractivity contribution < 1.29 is 14.7 Å². The van der Waals surface area contributed by atoms with E-state index in [9.17, 15) is 14.7 Å². The van der Waals surface area contributed by atoms with Crippen LogP contribution in [0.1, 0.15) is 45.4 Å². The Balaban J connectivity index is 1.95. The third-order valence-corrected chi connectivity index (χ3v) is 4.47. The van der Waals surface area contributed by atoms with Crippen molar-refractivity contribution in [2.24, 2.45) is 5.92 Å². The number of amides is 2. The van der Waals surface area contributed by atoms with Gasteiger partial charge in [-0.15, -0.1) is 0 Å². The molecular weight excluding hydrogens is 244 g/mol. The Hall–Kier alpha value is -1.10. The Morgan fingerprint density at radius 2 is 2.11 bits per heavy atom. The van der Waals surface area contributed by atoms with Crippen LogP contribution in [0.25, 0.3) is 0 Å². The van der Waals surface area contributed by atoms with Crippen LogP contribution in [0, 0.1) is 5.92 Å². The van der Waals surface area contributed by atoms with Gasteiger partial charge in [-0.3, -0.25) is 9.59 Å². The number of nitrogens with zero attached hydrogens (tertiary/aromatic N) is 1. The monoisotopic (exact) mass is 268 g/mol. The van der Waals surface area contributed by atoms with Gasteiger partial charge in [-0.05, 0) is 19.8 Å². The number of hydrogen-bond donors (Lipinski definition) is 2. The number of nitrogens with one attached hydrogen (secondary N) is 1. The van der Waals surface area contributed by atoms with Gasteiger partial charge >= 0.3 is 0 Å². The lowest BCUT2D eigenvalue weighted by Crippen LogP contribution is -2.54. The molecule has 5 heteroatoms. The van der Waals surface area contributed by atoms with Crippen LogP contribution in [0.4, 0.5) is 0 Å². The zero-order valence-electron chi connectivity index (χ0n) is 11.7. The molecule has 0 radical (unpaired) electrons. The fourth-order valence-electron chi connectivity index (χ4n) is 3.17. The summed E-state index contributed by atoms with van der Waals surface area (Å²) in [5.74, 6) is -0.262. The van der Waals surface area contributed by atoms with Crippen LogP contribution in [-0.4, -0.2) is 47.1 Å². The van der Waals surface area contributed by atoms with Crippen molar-refractivity contribution in [2.45, 2.75) is 51.0 Å². The molecule has 5 nitrogen and oxygen atoms in total. The fraction of sp³-hybridized carbons (Fsp3) is 0.857. The Bertz CT molecular complexity index is 351. The average molecular weight is 268 g/mol. The normalized spacial score (nSPS) is 26.5. The molecule has 0 bridgehead atoms. The third kappa shape index (κ3) is 3.08. The molecular formula is C14H24N2O3. The number of rotatable bonds is 4. The third-order valence-electron chi connectivity index (χ3n) is 4.47. The van der Waals surface area contributed by atoms with Gasteiger partial charge in [-0.25, -0.2) is 0 Å². The highest BCUT2D eigenvalue weighted by atomic mass is 16.3. The molecule has 0 aromatic rings. The molecule has 2 rings (SSSR count). The first-order chi connectivity index (χ1) is 9.10. The summed E-state index contributed by atoms with van der Waals surface area (Å²) in [6.45, 7) is 3.10. The quantitative estimate of drug-likeness (QED) is 0.787. The van der Waals surface area contributed by atoms with Gasteiger partial charge in [0, 0.05) is 19.5 Å². The average Bonchev–Trinajstić information content (AvgIpc) is 2.81. The number of carbonyl (C=O) groups is 2. The maximum Gasteiger partial charge on any atom is 0.225 e. The second-order valence-electron chi connectivity index (χ2n) is 5.82. The molecule has 2 fully saturated rings. The molecule has 0 aromatic heterocycles. The predicted octanol–water partition coefficient (Wildman–Crippen LogP) is 0.666. The van der Waals surface area contributed by atoms with Crippen molar-refractivity contribution in [2.75, 3.05) is 19.7 Å². The molecule has 1 atom stereocenters. The summed E-state index contributed by atoms with van der Waals surface area (Å²) in [5, 5.41) is 12.6. The van der Waals surface area contributed by atoms with E-state index in [-0.39, 0.29) is 24.3 Å². The first-order valence-corrected chi connectivity index (χ1v) is 7.31. The SMILES string of the molecule is CCN1CC(C(=O)NC2(CO)CCCCC2)CC1=O. The highest BCUT2D eigenvalue weighted by molar-refractivity contribution is 5.89. The van der Waals surface area contributed by atoms with E-state index in [0.29, 0.717) is 19.5 Å². The minimum atomic E-state index is -0.446. The first-order valence-electron chi connectivity index (χ1n) is 7.31. The lowest BCUT2D eigenvalue weighted by molar-refractivity contribution is -0.130. The second-order valence-corrected chi connectivity index (χ2v) is 5.82. The van der Waals surface area contributed by atoms with E-state index in [1.165, 1.54) is 6.42 Å². The van der Waals surface area contributed by atoms with Crippen LogP contribution < -0.4 is 5.32 Å². The number of aliphatic hydroxyl groups is 1. The van der Waals surface area contributed by atoms with Crippen LogP contribution in [0.15, 0.2) is 0 Å². The highest BCUT2D eigenvalue weighted by Crippen LogP contribution is 2.29. The minimum Gasteiger partial charge on any atom is -0.394 e. The van der Waals surface area contributed by atoms with Crippen molar-refractivity contribution in [3.05, 3.63) is 0 Å². The van der Waals surface area contributed by atoms with Crippen molar-refractivity contribution in [1.82, 2.24) is 10.2 Å². The predicted molar refractivity (Wildman–Crippen MR) is 71.4 cm³/mol. The van der Waals surface area contributed by atoms with Crippen molar-refractivity contribution in [1.29, 1.82) is 0 Å². The van der Waals surface area contributed by atoms with E-state index < -0.39 is 5.54 Å². The summed E-state index contributed by atoms with van der Waals surface area (Å²) in [6, 6.07) is 0. The van der Waals surface area contributed by atoms with Crippen molar-refractivity contribution in [3.63, 3.8) is 0 Å². The molecule has 1 aliphatic heterocycles. The molecule has 0 spiro atoms. The van der Waals surface area contributed by atoms with Gasteiger partial charge in [0.05, 0.1) is 18.1 Å². The van der Waals surface area contributed by atoms with Crippen molar-refractivity contribution in [3.8, 4) is 0 Å². The Morgan fingerprint density at radius 1 is 1.42 bits per heavy atom. The summed E-state index contributed by atoms with van der Waals surface area (Å²) in [4.78, 5) is 25.7. The molecule has 108 valence electrons. The second kappa shape index (κ2) is 5.90. The Kier molecular flexibility index (Phi) is 4.45. The Morgan fingerprint density at radius 3 is 2.63 bits per heavy atom. The summed E-state index contributed by atoms with van der Waals surface area (Å²) >= 11 is 0. The van der Waals surface area contributed by atoms with Gasteiger partial charge < -0.3 is 15.3 Å². The summed E-state index contributed by atoms with van der Waals surface area (Å²) < 4.78 is 0. The van der Waals surface area contributed by atoms with Crippen LogP contribution in [0.2, 0.25) is 0 Å². The van der Waals surface area contributed by atoms with Gasteiger partial charge in [0.15, 0.2) is 0 Å². The topological polar surface area (TPSA) is 69.6 Å². The highest BCUT2D eigenvalue weighted by Gasteiger charge is 2.38. The largest absolute Gasteiger partial charge is 0.394 e. The molecule has 1 saturated carbocycles. The summed E-state index contributed by atoms with van der Waals surface area (Å²) in [5.41, 5.74) is -0.446.